The van der Waals surface area contributed by atoms with Crippen molar-refractivity contribution in [3.05, 3.63) is 23.8 Å². The van der Waals surface area contributed by atoms with E-state index in [1.807, 2.05) is 25.7 Å². The first-order valence-corrected chi connectivity index (χ1v) is 8.96. The van der Waals surface area contributed by atoms with Gasteiger partial charge in [0.2, 0.25) is 17.6 Å². The predicted octanol–water partition coefficient (Wildman–Crippen LogP) is 1.60. The lowest BCUT2D eigenvalue weighted by Gasteiger charge is -2.35. The van der Waals surface area contributed by atoms with Crippen molar-refractivity contribution >= 4 is 17.9 Å². The van der Waals surface area contributed by atoms with Crippen molar-refractivity contribution in [2.45, 2.75) is 33.3 Å². The highest BCUT2D eigenvalue weighted by atomic mass is 16.6. The van der Waals surface area contributed by atoms with Gasteiger partial charge in [-0.1, -0.05) is 0 Å². The van der Waals surface area contributed by atoms with Gasteiger partial charge < -0.3 is 24.7 Å². The summed E-state index contributed by atoms with van der Waals surface area (Å²) in [4.78, 5) is 40.0. The van der Waals surface area contributed by atoms with Gasteiger partial charge in [0.05, 0.1) is 11.3 Å². The van der Waals surface area contributed by atoms with Crippen LogP contribution in [0.3, 0.4) is 0 Å². The molecule has 0 atom stereocenters. The van der Waals surface area contributed by atoms with Crippen LogP contribution in [0.15, 0.2) is 16.8 Å². The normalized spacial score (nSPS) is 14.9. The molecule has 0 aliphatic carbocycles. The van der Waals surface area contributed by atoms with Gasteiger partial charge in [-0.25, -0.2) is 19.7 Å². The topological polar surface area (TPSA) is 128 Å². The van der Waals surface area contributed by atoms with E-state index in [-0.39, 0.29) is 17.7 Å². The molecule has 3 heterocycles. The summed E-state index contributed by atoms with van der Waals surface area (Å²) in [5, 5.41) is 0. The first kappa shape index (κ1) is 19.6. The van der Waals surface area contributed by atoms with Crippen LogP contribution in [0.25, 0.3) is 11.5 Å². The number of hydrogen-bond acceptors (Lipinski definition) is 8. The Kier molecular flexibility index (Phi) is 5.21. The molecule has 0 bridgehead atoms. The Hall–Kier alpha value is -3.17. The zero-order valence-corrected chi connectivity index (χ0v) is 16.4. The van der Waals surface area contributed by atoms with Gasteiger partial charge in [-0.2, -0.15) is 0 Å². The molecule has 3 rings (SSSR count). The lowest BCUT2D eigenvalue weighted by molar-refractivity contribution is 0.0240. The van der Waals surface area contributed by atoms with Crippen molar-refractivity contribution in [1.29, 1.82) is 0 Å². The quantitative estimate of drug-likeness (QED) is 0.840. The Bertz CT molecular complexity index is 863. The van der Waals surface area contributed by atoms with Crippen molar-refractivity contribution in [3.63, 3.8) is 0 Å². The van der Waals surface area contributed by atoms with E-state index in [1.54, 1.807) is 24.2 Å². The highest BCUT2D eigenvalue weighted by Gasteiger charge is 2.27. The predicted molar refractivity (Wildman–Crippen MR) is 101 cm³/mol. The van der Waals surface area contributed by atoms with Crippen LogP contribution in [0.4, 0.5) is 10.7 Å². The molecule has 1 saturated heterocycles. The van der Waals surface area contributed by atoms with Crippen LogP contribution >= 0.6 is 0 Å². The smallest absolute Gasteiger partial charge is 0.410 e. The number of amides is 2. The third kappa shape index (κ3) is 4.38. The summed E-state index contributed by atoms with van der Waals surface area (Å²) < 4.78 is 10.8. The number of hydrogen-bond donors (Lipinski definition) is 1. The number of rotatable bonds is 3. The molecule has 0 unspecified atom stereocenters. The van der Waals surface area contributed by atoms with Crippen molar-refractivity contribution in [2.24, 2.45) is 5.73 Å². The minimum absolute atomic E-state index is 0.0253. The minimum atomic E-state index is -0.670. The molecule has 1 fully saturated rings. The number of oxazole rings is 1. The molecule has 28 heavy (non-hydrogen) atoms. The third-order valence-electron chi connectivity index (χ3n) is 4.12. The third-order valence-corrected chi connectivity index (χ3v) is 4.12. The van der Waals surface area contributed by atoms with Gasteiger partial charge in [-0.15, -0.1) is 0 Å². The summed E-state index contributed by atoms with van der Waals surface area (Å²) >= 11 is 0. The van der Waals surface area contributed by atoms with E-state index in [2.05, 4.69) is 15.0 Å². The van der Waals surface area contributed by atoms with Gasteiger partial charge in [-0.05, 0) is 27.7 Å². The monoisotopic (exact) mass is 388 g/mol. The fourth-order valence-corrected chi connectivity index (χ4v) is 2.76. The summed E-state index contributed by atoms with van der Waals surface area (Å²) in [6.07, 6.45) is 2.85. The first-order valence-electron chi connectivity index (χ1n) is 8.96. The Labute approximate surface area is 162 Å². The number of aryl methyl sites for hydroxylation is 1. The minimum Gasteiger partial charge on any atom is -0.444 e. The molecule has 0 aromatic carbocycles. The van der Waals surface area contributed by atoms with E-state index in [0.717, 1.165) is 0 Å². The zero-order chi connectivity index (χ0) is 20.5. The first-order chi connectivity index (χ1) is 13.1. The van der Waals surface area contributed by atoms with Crippen LogP contribution < -0.4 is 10.6 Å². The molecule has 2 N–H and O–H groups in total. The van der Waals surface area contributed by atoms with Crippen LogP contribution in [0.2, 0.25) is 0 Å². The number of carbonyl (C=O) groups is 2. The number of ether oxygens (including phenoxy) is 1. The van der Waals surface area contributed by atoms with Gasteiger partial charge >= 0.3 is 6.09 Å². The fraction of sp³-hybridized carbons (Fsp3) is 0.500. The maximum atomic E-state index is 12.1. The van der Waals surface area contributed by atoms with Crippen molar-refractivity contribution in [2.75, 3.05) is 31.1 Å². The van der Waals surface area contributed by atoms with Crippen molar-refractivity contribution < 1.29 is 18.7 Å². The van der Waals surface area contributed by atoms with Crippen LogP contribution in [-0.4, -0.2) is 63.6 Å². The van der Waals surface area contributed by atoms with Gasteiger partial charge in [0.15, 0.2) is 0 Å². The number of carbonyl (C=O) groups excluding carboxylic acids is 2. The number of piperazine rings is 1. The Morgan fingerprint density at radius 2 is 1.75 bits per heavy atom. The van der Waals surface area contributed by atoms with E-state index in [1.165, 1.54) is 0 Å². The van der Waals surface area contributed by atoms with E-state index < -0.39 is 11.5 Å². The van der Waals surface area contributed by atoms with Crippen LogP contribution in [0, 0.1) is 6.92 Å². The van der Waals surface area contributed by atoms with E-state index in [0.29, 0.717) is 43.4 Å². The van der Waals surface area contributed by atoms with Crippen molar-refractivity contribution in [1.82, 2.24) is 19.9 Å². The summed E-state index contributed by atoms with van der Waals surface area (Å²) in [6, 6.07) is 0. The molecular weight excluding hydrogens is 364 g/mol. The van der Waals surface area contributed by atoms with E-state index in [4.69, 9.17) is 14.9 Å². The highest BCUT2D eigenvalue weighted by Crippen LogP contribution is 2.22. The number of anilines is 1. The summed E-state index contributed by atoms with van der Waals surface area (Å²) in [5.41, 5.74) is 5.70. The molecule has 10 nitrogen and oxygen atoms in total. The molecule has 150 valence electrons. The van der Waals surface area contributed by atoms with Crippen molar-refractivity contribution in [3.8, 4) is 11.5 Å². The summed E-state index contributed by atoms with van der Waals surface area (Å²) in [6.45, 7) is 9.44. The Balaban J connectivity index is 1.63. The second-order valence-electron chi connectivity index (χ2n) is 7.52. The number of nitrogens with zero attached hydrogens (tertiary/aromatic N) is 5. The lowest BCUT2D eigenvalue weighted by atomic mass is 10.2. The molecule has 2 aromatic heterocycles. The standard InChI is InChI=1S/C18H24N6O4/c1-11-13(14(19)25)27-15(22-11)12-9-20-16(21-10-12)23-5-7-24(8-6-23)17(26)28-18(2,3)4/h9-10H,5-8H2,1-4H3,(H2,19,25). The fourth-order valence-electron chi connectivity index (χ4n) is 2.76. The molecule has 0 saturated carbocycles. The Morgan fingerprint density at radius 1 is 1.14 bits per heavy atom. The Morgan fingerprint density at radius 3 is 2.25 bits per heavy atom. The maximum absolute atomic E-state index is 12.1. The molecule has 2 aromatic rings. The van der Waals surface area contributed by atoms with Gasteiger partial charge in [0.1, 0.15) is 5.60 Å². The number of aromatic nitrogens is 3. The largest absolute Gasteiger partial charge is 0.444 e. The molecule has 10 heteroatoms. The van der Waals surface area contributed by atoms with Crippen LogP contribution in [0.5, 0.6) is 0 Å². The zero-order valence-electron chi connectivity index (χ0n) is 16.4. The van der Waals surface area contributed by atoms with Gasteiger partial charge in [-0.3, -0.25) is 4.79 Å². The average molecular weight is 388 g/mol. The molecule has 1 aliphatic rings. The molecule has 0 radical (unpaired) electrons. The van der Waals surface area contributed by atoms with E-state index in [9.17, 15) is 9.59 Å². The SMILES string of the molecule is Cc1nc(-c2cnc(N3CCN(C(=O)OC(C)(C)C)CC3)nc2)oc1C(N)=O. The maximum Gasteiger partial charge on any atom is 0.410 e. The number of primary amides is 1. The summed E-state index contributed by atoms with van der Waals surface area (Å²) in [5.74, 6) is 0.146. The second-order valence-corrected chi connectivity index (χ2v) is 7.52. The van der Waals surface area contributed by atoms with Gasteiger partial charge in [0, 0.05) is 38.6 Å². The highest BCUT2D eigenvalue weighted by molar-refractivity contribution is 5.91. The van der Waals surface area contributed by atoms with E-state index >= 15 is 0 Å². The van der Waals surface area contributed by atoms with Crippen LogP contribution in [-0.2, 0) is 4.74 Å². The molecule has 1 aliphatic heterocycles. The average Bonchev–Trinajstić information content (AvgIpc) is 3.03. The molecule has 0 spiro atoms. The van der Waals surface area contributed by atoms with Crippen LogP contribution in [0.1, 0.15) is 37.0 Å². The molecular formula is C18H24N6O4. The number of nitrogens with two attached hydrogens (primary N) is 1. The summed E-state index contributed by atoms with van der Waals surface area (Å²) in [7, 11) is 0. The second kappa shape index (κ2) is 7.45. The lowest BCUT2D eigenvalue weighted by Crippen LogP contribution is -2.50. The van der Waals surface area contributed by atoms with Gasteiger partial charge in [0.25, 0.3) is 5.91 Å². The molecule has 2 amide bonds.